The number of ether oxygens (including phenoxy) is 2. The Morgan fingerprint density at radius 2 is 1.78 bits per heavy atom. The molecule has 0 saturated carbocycles. The van der Waals surface area contributed by atoms with Gasteiger partial charge in [0.2, 0.25) is 0 Å². The van der Waals surface area contributed by atoms with Crippen molar-refractivity contribution in [1.82, 2.24) is 0 Å². The number of hydrogen-bond acceptors (Lipinski definition) is 8. The van der Waals surface area contributed by atoms with E-state index in [0.717, 1.165) is 0 Å². The van der Waals surface area contributed by atoms with Gasteiger partial charge in [0.15, 0.2) is 12.4 Å². The number of rotatable bonds is 5. The van der Waals surface area contributed by atoms with E-state index < -0.39 is 56.0 Å². The summed E-state index contributed by atoms with van der Waals surface area (Å²) < 4.78 is 9.67. The summed E-state index contributed by atoms with van der Waals surface area (Å²) in [6.45, 7) is -1.51. The third-order valence-electron chi connectivity index (χ3n) is 2.59. The molecule has 1 aliphatic rings. The summed E-state index contributed by atoms with van der Waals surface area (Å²) in [7, 11) is 0. The van der Waals surface area contributed by atoms with E-state index in [4.69, 9.17) is 24.8 Å². The molecule has 0 aromatic heterocycles. The smallest absolute Gasteiger partial charge is 0.335 e. The van der Waals surface area contributed by atoms with Gasteiger partial charge in [0.1, 0.15) is 24.4 Å². The number of carbonyl (C=O) groups is 1. The van der Waals surface area contributed by atoms with Gasteiger partial charge < -0.3 is 40.1 Å². The third kappa shape index (κ3) is 3.14. The first-order chi connectivity index (χ1) is 8.42. The highest BCUT2D eigenvalue weighted by Gasteiger charge is 2.45. The fourth-order valence-corrected chi connectivity index (χ4v) is 1.52. The second kappa shape index (κ2) is 6.38. The topological polar surface area (TPSA) is 157 Å². The summed E-state index contributed by atoms with van der Waals surface area (Å²) in [5, 5.41) is 54.7. The maximum Gasteiger partial charge on any atom is 0.335 e. The van der Waals surface area contributed by atoms with Crippen LogP contribution in [0.2, 0.25) is 0 Å². The minimum atomic E-state index is -1.70. The Bertz CT molecular complexity index is 281. The average molecular weight is 268 g/mol. The van der Waals surface area contributed by atoms with Crippen LogP contribution < -0.4 is 0 Å². The first kappa shape index (κ1) is 15.2. The molecule has 9 heteroatoms. The molecule has 1 aliphatic heterocycles. The molecule has 1 saturated heterocycles. The zero-order valence-corrected chi connectivity index (χ0v) is 9.29. The van der Waals surface area contributed by atoms with E-state index in [9.17, 15) is 20.1 Å². The van der Waals surface area contributed by atoms with Crippen LogP contribution in [0.4, 0.5) is 0 Å². The van der Waals surface area contributed by atoms with Gasteiger partial charge in [0.05, 0.1) is 13.2 Å². The van der Waals surface area contributed by atoms with Gasteiger partial charge in [-0.15, -0.1) is 0 Å². The van der Waals surface area contributed by atoms with Gasteiger partial charge in [0.25, 0.3) is 0 Å². The molecule has 1 fully saturated rings. The van der Waals surface area contributed by atoms with Gasteiger partial charge in [-0.05, 0) is 0 Å². The van der Waals surface area contributed by atoms with Crippen molar-refractivity contribution < 1.29 is 44.9 Å². The van der Waals surface area contributed by atoms with E-state index in [1.165, 1.54) is 0 Å². The quantitative estimate of drug-likeness (QED) is 0.294. The Balaban J connectivity index is 2.72. The molecular formula is C9H16O9. The number of aliphatic hydroxyl groups excluding tert-OH is 5. The van der Waals surface area contributed by atoms with E-state index in [-0.39, 0.29) is 0 Å². The largest absolute Gasteiger partial charge is 0.479 e. The summed E-state index contributed by atoms with van der Waals surface area (Å²) in [4.78, 5) is 10.6. The highest BCUT2D eigenvalue weighted by molar-refractivity contribution is 5.72. The van der Waals surface area contributed by atoms with Gasteiger partial charge in [-0.25, -0.2) is 4.79 Å². The first-order valence-electron chi connectivity index (χ1n) is 5.22. The standard InChI is InChI=1S/C9H16O9/c10-1-3-5(12)6(13)7(14)9(17-3)18-4(2-11)8(15)16/h3-7,9-14H,1-2H2,(H,15,16)/t3?,4-,5?,6?,7?,9?/m1/s1. The highest BCUT2D eigenvalue weighted by atomic mass is 16.7. The van der Waals surface area contributed by atoms with E-state index in [0.29, 0.717) is 0 Å². The molecule has 0 radical (unpaired) electrons. The van der Waals surface area contributed by atoms with Crippen molar-refractivity contribution in [2.45, 2.75) is 36.8 Å². The lowest BCUT2D eigenvalue weighted by atomic mass is 9.99. The normalized spacial score (nSPS) is 38.4. The molecular weight excluding hydrogens is 252 g/mol. The van der Waals surface area contributed by atoms with Gasteiger partial charge in [-0.1, -0.05) is 0 Å². The summed E-state index contributed by atoms with van der Waals surface area (Å²) in [6, 6.07) is 0. The summed E-state index contributed by atoms with van der Waals surface area (Å²) in [6.07, 6.45) is -9.32. The predicted octanol–water partition coefficient (Wildman–Crippen LogP) is -3.75. The molecule has 1 rings (SSSR count). The fraction of sp³-hybridized carbons (Fsp3) is 0.889. The van der Waals surface area contributed by atoms with Gasteiger partial charge in [-0.3, -0.25) is 0 Å². The Morgan fingerprint density at radius 1 is 1.17 bits per heavy atom. The maximum absolute atomic E-state index is 10.6. The Morgan fingerprint density at radius 3 is 2.22 bits per heavy atom. The number of aliphatic carboxylic acids is 1. The van der Waals surface area contributed by atoms with Crippen LogP contribution in [-0.2, 0) is 14.3 Å². The average Bonchev–Trinajstić information content (AvgIpc) is 2.35. The van der Waals surface area contributed by atoms with Crippen LogP contribution in [0.25, 0.3) is 0 Å². The van der Waals surface area contributed by atoms with Crippen LogP contribution >= 0.6 is 0 Å². The molecule has 0 bridgehead atoms. The molecule has 6 atom stereocenters. The van der Waals surface area contributed by atoms with Crippen molar-refractivity contribution in [1.29, 1.82) is 0 Å². The minimum Gasteiger partial charge on any atom is -0.479 e. The van der Waals surface area contributed by atoms with E-state index in [2.05, 4.69) is 0 Å². The van der Waals surface area contributed by atoms with Gasteiger partial charge in [-0.2, -0.15) is 0 Å². The first-order valence-corrected chi connectivity index (χ1v) is 5.22. The van der Waals surface area contributed by atoms with Gasteiger partial charge >= 0.3 is 5.97 Å². The predicted molar refractivity (Wildman–Crippen MR) is 53.4 cm³/mol. The molecule has 6 N–H and O–H groups in total. The Kier molecular flexibility index (Phi) is 5.41. The van der Waals surface area contributed by atoms with Crippen molar-refractivity contribution in [3.05, 3.63) is 0 Å². The van der Waals surface area contributed by atoms with Crippen LogP contribution in [0.5, 0.6) is 0 Å². The monoisotopic (exact) mass is 268 g/mol. The molecule has 0 amide bonds. The molecule has 5 unspecified atom stereocenters. The number of carboxylic acid groups (broad SMARTS) is 1. The van der Waals surface area contributed by atoms with E-state index >= 15 is 0 Å². The lowest BCUT2D eigenvalue weighted by molar-refractivity contribution is -0.311. The van der Waals surface area contributed by atoms with Crippen LogP contribution in [-0.4, -0.2) is 86.6 Å². The SMILES string of the molecule is O=C(O)[C@@H](CO)OC1OC(CO)C(O)C(O)C1O. The number of aliphatic hydroxyl groups is 5. The third-order valence-corrected chi connectivity index (χ3v) is 2.59. The molecule has 106 valence electrons. The molecule has 0 aliphatic carbocycles. The zero-order chi connectivity index (χ0) is 13.9. The van der Waals surface area contributed by atoms with Crippen molar-refractivity contribution in [2.24, 2.45) is 0 Å². The molecule has 0 aromatic rings. The lowest BCUT2D eigenvalue weighted by Crippen LogP contribution is -2.60. The lowest BCUT2D eigenvalue weighted by Gasteiger charge is -2.40. The highest BCUT2D eigenvalue weighted by Crippen LogP contribution is 2.22. The van der Waals surface area contributed by atoms with E-state index in [1.807, 2.05) is 0 Å². The van der Waals surface area contributed by atoms with Crippen LogP contribution in [0.1, 0.15) is 0 Å². The summed E-state index contributed by atoms with van der Waals surface area (Å²) >= 11 is 0. The number of hydrogen-bond donors (Lipinski definition) is 6. The Hall–Kier alpha value is -0.810. The zero-order valence-electron chi connectivity index (χ0n) is 9.29. The van der Waals surface area contributed by atoms with E-state index in [1.54, 1.807) is 0 Å². The van der Waals surface area contributed by atoms with Crippen LogP contribution in [0.15, 0.2) is 0 Å². The van der Waals surface area contributed by atoms with Crippen LogP contribution in [0.3, 0.4) is 0 Å². The Labute approximate surface area is 102 Å². The van der Waals surface area contributed by atoms with Crippen molar-refractivity contribution >= 4 is 5.97 Å². The summed E-state index contributed by atoms with van der Waals surface area (Å²) in [5.74, 6) is -1.48. The fourth-order valence-electron chi connectivity index (χ4n) is 1.52. The van der Waals surface area contributed by atoms with Crippen LogP contribution in [0, 0.1) is 0 Å². The van der Waals surface area contributed by atoms with Crippen molar-refractivity contribution in [3.8, 4) is 0 Å². The molecule has 1 heterocycles. The second-order valence-electron chi connectivity index (χ2n) is 3.84. The molecule has 18 heavy (non-hydrogen) atoms. The number of carboxylic acids is 1. The molecule has 0 spiro atoms. The summed E-state index contributed by atoms with van der Waals surface area (Å²) in [5.41, 5.74) is 0. The maximum atomic E-state index is 10.6. The molecule has 9 nitrogen and oxygen atoms in total. The van der Waals surface area contributed by atoms with Crippen molar-refractivity contribution in [2.75, 3.05) is 13.2 Å². The van der Waals surface area contributed by atoms with Gasteiger partial charge in [0, 0.05) is 0 Å². The minimum absolute atomic E-state index is 0.651. The van der Waals surface area contributed by atoms with Crippen molar-refractivity contribution in [3.63, 3.8) is 0 Å². The second-order valence-corrected chi connectivity index (χ2v) is 3.84. The molecule has 0 aromatic carbocycles.